The van der Waals surface area contributed by atoms with Gasteiger partial charge < -0.3 is 39.1 Å². The fourth-order valence-electron chi connectivity index (χ4n) is 7.89. The lowest BCUT2D eigenvalue weighted by atomic mass is 9.71. The summed E-state index contributed by atoms with van der Waals surface area (Å²) in [4.78, 5) is 12.4. The molecule has 3 heterocycles. The predicted molar refractivity (Wildman–Crippen MR) is 198 cm³/mol. The summed E-state index contributed by atoms with van der Waals surface area (Å²) in [6.45, 7) is 23.1. The topological polar surface area (TPSA) is 135 Å². The van der Waals surface area contributed by atoms with E-state index in [1.54, 1.807) is 18.2 Å². The second-order valence-electron chi connectivity index (χ2n) is 17.4. The molecule has 1 aliphatic carbocycles. The molecule has 3 saturated heterocycles. The number of allylic oxidation sites excluding steroid dienone is 2. The molecule has 1 spiro atoms. The number of ether oxygens (including phenoxy) is 3. The van der Waals surface area contributed by atoms with Crippen LogP contribution in [-0.4, -0.2) is 89.3 Å². The van der Waals surface area contributed by atoms with Crippen molar-refractivity contribution in [2.75, 3.05) is 6.61 Å². The van der Waals surface area contributed by atoms with Crippen LogP contribution in [0.2, 0.25) is 18.1 Å². The van der Waals surface area contributed by atoms with E-state index in [-0.39, 0.29) is 29.8 Å². The molecule has 284 valence electrons. The lowest BCUT2D eigenvalue weighted by Gasteiger charge is -2.50. The van der Waals surface area contributed by atoms with Gasteiger partial charge in [0.25, 0.3) is 0 Å². The Labute approximate surface area is 301 Å². The first-order chi connectivity index (χ1) is 23.2. The van der Waals surface area contributed by atoms with Crippen LogP contribution in [0.4, 0.5) is 0 Å². The maximum absolute atomic E-state index is 12.4. The fraction of sp³-hybridized carbons (Fsp3) is 0.775. The Morgan fingerprint density at radius 3 is 2.52 bits per heavy atom. The summed E-state index contributed by atoms with van der Waals surface area (Å²) in [6.07, 6.45) is 10.6. The van der Waals surface area contributed by atoms with Crippen molar-refractivity contribution in [2.24, 2.45) is 23.7 Å². The lowest BCUT2D eigenvalue weighted by molar-refractivity contribution is -0.340. The second-order valence-corrected chi connectivity index (χ2v) is 22.1. The number of rotatable bonds is 11. The monoisotopic (exact) mass is 718 g/mol. The number of aliphatic hydroxyl groups is 3. The van der Waals surface area contributed by atoms with E-state index < -0.39 is 56.0 Å². The highest BCUT2D eigenvalue weighted by molar-refractivity contribution is 6.74. The van der Waals surface area contributed by atoms with Gasteiger partial charge >= 0.3 is 5.97 Å². The number of carbonyl (C=O) groups is 1. The maximum Gasteiger partial charge on any atom is 0.313 e. The molecule has 0 aromatic rings. The van der Waals surface area contributed by atoms with E-state index in [4.69, 9.17) is 18.6 Å². The number of aliphatic hydroxyl groups excluding tert-OH is 2. The molecule has 0 saturated carbocycles. The highest BCUT2D eigenvalue weighted by Gasteiger charge is 2.60. The third-order valence-corrected chi connectivity index (χ3v) is 16.9. The van der Waals surface area contributed by atoms with Gasteiger partial charge in [-0.15, -0.1) is 0 Å². The Morgan fingerprint density at radius 2 is 1.90 bits per heavy atom. The number of carboxylic acid groups (broad SMARTS) is 1. The average molecular weight is 719 g/mol. The van der Waals surface area contributed by atoms with Crippen molar-refractivity contribution < 1.29 is 43.9 Å². The van der Waals surface area contributed by atoms with Crippen molar-refractivity contribution in [3.8, 4) is 0 Å². The molecule has 4 N–H and O–H groups in total. The third kappa shape index (κ3) is 8.60. The Hall–Kier alpha value is -1.63. The van der Waals surface area contributed by atoms with Crippen molar-refractivity contribution >= 4 is 14.3 Å². The van der Waals surface area contributed by atoms with Gasteiger partial charge in [0.15, 0.2) is 14.1 Å². The average Bonchev–Trinajstić information content (AvgIpc) is 3.37. The van der Waals surface area contributed by atoms with Gasteiger partial charge in [0.05, 0.1) is 37.1 Å². The van der Waals surface area contributed by atoms with Gasteiger partial charge in [0, 0.05) is 25.2 Å². The quantitative estimate of drug-likeness (QED) is 0.131. The summed E-state index contributed by atoms with van der Waals surface area (Å²) < 4.78 is 26.1. The highest BCUT2D eigenvalue weighted by atomic mass is 28.4. The molecule has 0 aromatic heterocycles. The maximum atomic E-state index is 12.4. The van der Waals surface area contributed by atoms with Crippen molar-refractivity contribution in [2.45, 2.75) is 167 Å². The van der Waals surface area contributed by atoms with Crippen LogP contribution in [0.15, 0.2) is 47.1 Å². The SMILES string of the molecule is CC[C@H](C)[C@H]1O[C@@]2(CC[C@@H]1C)C[C@@H](O)C[C@@H](C/C=C(\C)[C@@H](O)[C@@H](C)/C=C/C=C1\CO[C@@H]3[C@H](O[Si](C)(C)C(C)(C)C)C(C)=C[C@@H](C(=O)O)[C@]13O)O2. The normalized spacial score (nSPS) is 38.3. The first-order valence-corrected chi connectivity index (χ1v) is 21.8. The van der Waals surface area contributed by atoms with Crippen LogP contribution in [0.1, 0.15) is 101 Å². The first kappa shape index (κ1) is 41.1. The van der Waals surface area contributed by atoms with Gasteiger partial charge in [-0.1, -0.05) is 85.3 Å². The standard InChI is InChI=1S/C40H66O9Si/c1-12-24(2)34-27(5)18-19-39(48-34)22-30(41)21-31(47-39)17-16-26(4)33(42)25(3)14-13-15-29-23-46-36-35(49-50(10,11)38(7,8)9)28(6)20-32(37(43)44)40(29,36)45/h13-16,20,24-25,27,30-36,41-42,45H,12,17-19,21-23H2,1-11H3,(H,43,44)/b14-13+,26-16+,29-15+/t24-,25-,27-,30-,31+,32-,33-,34+,35+,36+,39-,40+/m0/s1. The smallest absolute Gasteiger partial charge is 0.313 e. The molecular weight excluding hydrogens is 653 g/mol. The van der Waals surface area contributed by atoms with Crippen molar-refractivity contribution in [1.29, 1.82) is 0 Å². The summed E-state index contributed by atoms with van der Waals surface area (Å²) in [5.74, 6) is -2.46. The number of carboxylic acids is 1. The number of hydrogen-bond donors (Lipinski definition) is 4. The Morgan fingerprint density at radius 1 is 1.22 bits per heavy atom. The van der Waals surface area contributed by atoms with Crippen LogP contribution in [0.3, 0.4) is 0 Å². The third-order valence-electron chi connectivity index (χ3n) is 12.4. The van der Waals surface area contributed by atoms with Crippen molar-refractivity contribution in [3.63, 3.8) is 0 Å². The molecule has 0 unspecified atom stereocenters. The minimum absolute atomic E-state index is 0.0786. The van der Waals surface area contributed by atoms with Crippen molar-refractivity contribution in [1.82, 2.24) is 0 Å². The lowest BCUT2D eigenvalue weighted by Crippen LogP contribution is -2.60. The van der Waals surface area contributed by atoms with E-state index in [2.05, 4.69) is 54.6 Å². The Balaban J connectivity index is 1.44. The molecular formula is C40H66O9Si. The van der Waals surface area contributed by atoms with E-state index in [9.17, 15) is 25.2 Å². The van der Waals surface area contributed by atoms with Gasteiger partial charge in [-0.05, 0) is 73.4 Å². The van der Waals surface area contributed by atoms with E-state index in [1.807, 2.05) is 32.9 Å². The number of hydrogen-bond acceptors (Lipinski definition) is 8. The molecule has 50 heavy (non-hydrogen) atoms. The minimum atomic E-state index is -2.28. The van der Waals surface area contributed by atoms with Crippen molar-refractivity contribution in [3.05, 3.63) is 47.1 Å². The van der Waals surface area contributed by atoms with Crippen LogP contribution in [-0.2, 0) is 23.4 Å². The Kier molecular flexibility index (Phi) is 13.0. The second kappa shape index (κ2) is 15.8. The minimum Gasteiger partial charge on any atom is -0.481 e. The molecule has 0 amide bonds. The van der Waals surface area contributed by atoms with Crippen LogP contribution in [0, 0.1) is 23.7 Å². The van der Waals surface area contributed by atoms with Gasteiger partial charge in [-0.2, -0.15) is 0 Å². The molecule has 4 rings (SSSR count). The van der Waals surface area contributed by atoms with Crippen LogP contribution in [0.5, 0.6) is 0 Å². The van der Waals surface area contributed by atoms with E-state index in [0.717, 1.165) is 30.4 Å². The Bertz CT molecular complexity index is 1330. The molecule has 9 nitrogen and oxygen atoms in total. The summed E-state index contributed by atoms with van der Waals surface area (Å²) in [5.41, 5.74) is 0.268. The van der Waals surface area contributed by atoms with E-state index in [0.29, 0.717) is 36.7 Å². The fourth-order valence-corrected chi connectivity index (χ4v) is 9.19. The molecule has 12 atom stereocenters. The predicted octanol–water partition coefficient (Wildman–Crippen LogP) is 7.08. The molecule has 0 radical (unpaired) electrons. The van der Waals surface area contributed by atoms with Crippen LogP contribution < -0.4 is 0 Å². The molecule has 4 aliphatic rings. The molecule has 0 aromatic carbocycles. The molecule has 10 heteroatoms. The molecule has 3 fully saturated rings. The zero-order valence-corrected chi connectivity index (χ0v) is 33.4. The highest BCUT2D eigenvalue weighted by Crippen LogP contribution is 2.48. The summed E-state index contributed by atoms with van der Waals surface area (Å²) >= 11 is 0. The summed E-state index contributed by atoms with van der Waals surface area (Å²) in [5, 5.41) is 44.2. The largest absolute Gasteiger partial charge is 0.481 e. The van der Waals surface area contributed by atoms with Gasteiger partial charge in [-0.3, -0.25) is 4.79 Å². The number of fused-ring (bicyclic) bond motifs is 1. The zero-order valence-electron chi connectivity index (χ0n) is 32.4. The number of aliphatic carboxylic acids is 1. The van der Waals surface area contributed by atoms with Crippen LogP contribution in [0.25, 0.3) is 0 Å². The molecule has 3 aliphatic heterocycles. The van der Waals surface area contributed by atoms with Gasteiger partial charge in [0.2, 0.25) is 0 Å². The van der Waals surface area contributed by atoms with Gasteiger partial charge in [-0.25, -0.2) is 0 Å². The van der Waals surface area contributed by atoms with E-state index in [1.165, 1.54) is 0 Å². The first-order valence-electron chi connectivity index (χ1n) is 18.8. The zero-order chi connectivity index (χ0) is 37.4. The summed E-state index contributed by atoms with van der Waals surface area (Å²) in [7, 11) is -2.28. The molecule has 0 bridgehead atoms. The summed E-state index contributed by atoms with van der Waals surface area (Å²) in [6, 6.07) is 0. The van der Waals surface area contributed by atoms with Gasteiger partial charge in [0.1, 0.15) is 17.6 Å². The van der Waals surface area contributed by atoms with E-state index >= 15 is 0 Å². The van der Waals surface area contributed by atoms with Crippen LogP contribution >= 0.6 is 0 Å².